The Bertz CT molecular complexity index is 947. The molecule has 9 nitrogen and oxygen atoms in total. The lowest BCUT2D eigenvalue weighted by Gasteiger charge is -2.30. The van der Waals surface area contributed by atoms with Crippen molar-refractivity contribution in [3.05, 3.63) is 63.7 Å². The number of ether oxygens (including phenoxy) is 2. The van der Waals surface area contributed by atoms with Crippen LogP contribution in [0.1, 0.15) is 24.5 Å². The van der Waals surface area contributed by atoms with E-state index in [1.165, 1.54) is 37.3 Å². The minimum absolute atomic E-state index is 0.0310. The van der Waals surface area contributed by atoms with Gasteiger partial charge in [0.15, 0.2) is 6.61 Å². The average molecular weight is 429 g/mol. The van der Waals surface area contributed by atoms with Crippen molar-refractivity contribution in [3.63, 3.8) is 0 Å². The zero-order valence-electron chi connectivity index (χ0n) is 18.1. The van der Waals surface area contributed by atoms with Crippen LogP contribution in [-0.4, -0.2) is 48.4 Å². The molecule has 0 saturated carbocycles. The molecular weight excluding hydrogens is 402 g/mol. The molecule has 0 aromatic heterocycles. The maximum atomic E-state index is 13.1. The Balaban J connectivity index is 2.23. The number of amides is 2. The Kier molecular flexibility index (Phi) is 8.36. The summed E-state index contributed by atoms with van der Waals surface area (Å²) in [5, 5.41) is 13.6. The van der Waals surface area contributed by atoms with Crippen molar-refractivity contribution in [2.45, 2.75) is 32.9 Å². The van der Waals surface area contributed by atoms with Gasteiger partial charge in [-0.2, -0.15) is 0 Å². The largest absolute Gasteiger partial charge is 0.490 e. The van der Waals surface area contributed by atoms with Crippen LogP contribution in [0.3, 0.4) is 0 Å². The summed E-state index contributed by atoms with van der Waals surface area (Å²) in [6.45, 7) is 3.70. The second-order valence-corrected chi connectivity index (χ2v) is 6.87. The van der Waals surface area contributed by atoms with Gasteiger partial charge >= 0.3 is 5.69 Å². The number of nitro groups is 1. The van der Waals surface area contributed by atoms with Gasteiger partial charge in [0.1, 0.15) is 11.8 Å². The third kappa shape index (κ3) is 5.94. The fraction of sp³-hybridized carbons (Fsp3) is 0.364. The Morgan fingerprint density at radius 3 is 2.52 bits per heavy atom. The van der Waals surface area contributed by atoms with Crippen LogP contribution in [-0.2, 0) is 16.1 Å². The Labute approximate surface area is 181 Å². The van der Waals surface area contributed by atoms with Crippen LogP contribution in [0.5, 0.6) is 11.5 Å². The number of carbonyl (C=O) groups is 2. The molecule has 0 aliphatic heterocycles. The highest BCUT2D eigenvalue weighted by atomic mass is 16.6. The number of aryl methyl sites for hydroxylation is 1. The van der Waals surface area contributed by atoms with Gasteiger partial charge in [0.25, 0.3) is 5.91 Å². The van der Waals surface area contributed by atoms with Crippen molar-refractivity contribution >= 4 is 17.5 Å². The van der Waals surface area contributed by atoms with Gasteiger partial charge < -0.3 is 19.7 Å². The van der Waals surface area contributed by atoms with Gasteiger partial charge in [-0.15, -0.1) is 0 Å². The number of nitro benzene ring substituents is 1. The molecule has 0 bridgehead atoms. The number of rotatable bonds is 10. The van der Waals surface area contributed by atoms with Crippen LogP contribution in [0.2, 0.25) is 0 Å². The van der Waals surface area contributed by atoms with Gasteiger partial charge in [-0.3, -0.25) is 19.7 Å². The molecule has 2 aromatic carbocycles. The third-order valence-electron chi connectivity index (χ3n) is 4.94. The van der Waals surface area contributed by atoms with E-state index >= 15 is 0 Å². The van der Waals surface area contributed by atoms with Gasteiger partial charge in [-0.25, -0.2) is 0 Å². The first kappa shape index (κ1) is 23.7. The predicted molar refractivity (Wildman–Crippen MR) is 115 cm³/mol. The second-order valence-electron chi connectivity index (χ2n) is 6.87. The topological polar surface area (TPSA) is 111 Å². The molecule has 0 heterocycles. The quantitative estimate of drug-likeness (QED) is 0.459. The van der Waals surface area contributed by atoms with Crippen molar-refractivity contribution in [2.75, 3.05) is 20.8 Å². The summed E-state index contributed by atoms with van der Waals surface area (Å²) in [5.74, 6) is -0.361. The second kappa shape index (κ2) is 11.0. The number of nitrogens with zero attached hydrogens (tertiary/aromatic N) is 2. The Hall–Kier alpha value is -3.62. The van der Waals surface area contributed by atoms with Gasteiger partial charge in [0, 0.05) is 25.7 Å². The molecule has 9 heteroatoms. The number of methoxy groups -OCH3 is 1. The minimum Gasteiger partial charge on any atom is -0.490 e. The highest BCUT2D eigenvalue weighted by Crippen LogP contribution is 2.30. The molecule has 0 unspecified atom stereocenters. The molecule has 0 aliphatic carbocycles. The number of nitrogens with one attached hydrogen (secondary N) is 1. The normalized spacial score (nSPS) is 11.4. The molecule has 2 aromatic rings. The maximum absolute atomic E-state index is 13.1. The summed E-state index contributed by atoms with van der Waals surface area (Å²) in [4.78, 5) is 37.4. The molecule has 166 valence electrons. The summed E-state index contributed by atoms with van der Waals surface area (Å²) >= 11 is 0. The number of likely N-dealkylation sites (N-methyl/N-ethyl adjacent to an activating group) is 1. The van der Waals surface area contributed by atoms with E-state index in [4.69, 9.17) is 9.47 Å². The fourth-order valence-electron chi connectivity index (χ4n) is 3.18. The van der Waals surface area contributed by atoms with Crippen LogP contribution < -0.4 is 14.8 Å². The van der Waals surface area contributed by atoms with Crippen LogP contribution in [0.4, 0.5) is 5.69 Å². The standard InChI is InChI=1S/C22H27N3O6/c1-5-18(22(27)23-3)24(13-16-9-7-6-8-15(16)2)21(26)14-31-17-10-11-19(25(28)29)20(12-17)30-4/h6-12,18H,5,13-14H2,1-4H3,(H,23,27)/t18-/m1/s1. The number of carbonyl (C=O) groups excluding carboxylic acids is 2. The predicted octanol–water partition coefficient (Wildman–Crippen LogP) is 2.84. The van der Waals surface area contributed by atoms with Gasteiger partial charge in [0.05, 0.1) is 12.0 Å². The molecule has 1 N–H and O–H groups in total. The fourth-order valence-corrected chi connectivity index (χ4v) is 3.18. The van der Waals surface area contributed by atoms with Crippen LogP contribution in [0, 0.1) is 17.0 Å². The van der Waals surface area contributed by atoms with Gasteiger partial charge in [-0.05, 0) is 30.5 Å². The number of benzene rings is 2. The molecule has 0 radical (unpaired) electrons. The van der Waals surface area contributed by atoms with Crippen molar-refractivity contribution in [3.8, 4) is 11.5 Å². The average Bonchev–Trinajstić information content (AvgIpc) is 2.77. The molecule has 2 rings (SSSR count). The lowest BCUT2D eigenvalue weighted by Crippen LogP contribution is -2.49. The van der Waals surface area contributed by atoms with E-state index in [-0.39, 0.29) is 42.2 Å². The van der Waals surface area contributed by atoms with E-state index in [9.17, 15) is 19.7 Å². The monoisotopic (exact) mass is 429 g/mol. The van der Waals surface area contributed by atoms with E-state index in [0.29, 0.717) is 6.42 Å². The zero-order chi connectivity index (χ0) is 23.0. The molecule has 1 atom stereocenters. The number of hydrogen-bond donors (Lipinski definition) is 1. The summed E-state index contributed by atoms with van der Waals surface area (Å²) in [6, 6.07) is 11.0. The zero-order valence-corrected chi connectivity index (χ0v) is 18.1. The summed E-state index contributed by atoms with van der Waals surface area (Å²) in [7, 11) is 2.84. The molecule has 0 saturated heterocycles. The molecule has 0 spiro atoms. The Morgan fingerprint density at radius 2 is 1.94 bits per heavy atom. The van der Waals surface area contributed by atoms with Crippen LogP contribution in [0.25, 0.3) is 0 Å². The SMILES string of the molecule is CC[C@H](C(=O)NC)N(Cc1ccccc1C)C(=O)COc1ccc([N+](=O)[O-])c(OC)c1. The first-order valence-corrected chi connectivity index (χ1v) is 9.83. The smallest absolute Gasteiger partial charge is 0.311 e. The van der Waals surface area contributed by atoms with E-state index in [1.54, 1.807) is 0 Å². The Morgan fingerprint density at radius 1 is 1.23 bits per heavy atom. The van der Waals surface area contributed by atoms with E-state index in [2.05, 4.69) is 5.32 Å². The molecule has 31 heavy (non-hydrogen) atoms. The summed E-state index contributed by atoms with van der Waals surface area (Å²) < 4.78 is 10.6. The van der Waals surface area contributed by atoms with Crippen LogP contribution >= 0.6 is 0 Å². The first-order chi connectivity index (χ1) is 14.8. The summed E-state index contributed by atoms with van der Waals surface area (Å²) in [5.41, 5.74) is 1.73. The first-order valence-electron chi connectivity index (χ1n) is 9.83. The van der Waals surface area contributed by atoms with Gasteiger partial charge in [-0.1, -0.05) is 31.2 Å². The third-order valence-corrected chi connectivity index (χ3v) is 4.94. The molecular formula is C22H27N3O6. The lowest BCUT2D eigenvalue weighted by atomic mass is 10.1. The van der Waals surface area contributed by atoms with Crippen LogP contribution in [0.15, 0.2) is 42.5 Å². The lowest BCUT2D eigenvalue weighted by molar-refractivity contribution is -0.385. The van der Waals surface area contributed by atoms with E-state index in [0.717, 1.165) is 11.1 Å². The van der Waals surface area contributed by atoms with E-state index in [1.807, 2.05) is 38.1 Å². The van der Waals surface area contributed by atoms with Crippen molar-refractivity contribution in [1.82, 2.24) is 10.2 Å². The highest BCUT2D eigenvalue weighted by Gasteiger charge is 2.28. The van der Waals surface area contributed by atoms with Crippen molar-refractivity contribution in [2.24, 2.45) is 0 Å². The molecule has 0 fully saturated rings. The van der Waals surface area contributed by atoms with E-state index < -0.39 is 11.0 Å². The molecule has 0 aliphatic rings. The van der Waals surface area contributed by atoms with Crippen molar-refractivity contribution in [1.29, 1.82) is 0 Å². The number of hydrogen-bond acceptors (Lipinski definition) is 6. The summed E-state index contributed by atoms with van der Waals surface area (Å²) in [6.07, 6.45) is 0.433. The highest BCUT2D eigenvalue weighted by molar-refractivity contribution is 5.88. The maximum Gasteiger partial charge on any atom is 0.311 e. The molecule has 2 amide bonds. The minimum atomic E-state index is -0.660. The van der Waals surface area contributed by atoms with Gasteiger partial charge in [0.2, 0.25) is 11.7 Å². The van der Waals surface area contributed by atoms with Crippen molar-refractivity contribution < 1.29 is 24.0 Å².